The Balaban J connectivity index is 2.05. The van der Waals surface area contributed by atoms with Crippen LogP contribution in [0, 0.1) is 0 Å². The molecule has 0 radical (unpaired) electrons. The molecule has 3 atom stereocenters. The van der Waals surface area contributed by atoms with Crippen molar-refractivity contribution in [2.75, 3.05) is 25.3 Å². The summed E-state index contributed by atoms with van der Waals surface area (Å²) in [6, 6.07) is -0.806. The predicted octanol–water partition coefficient (Wildman–Crippen LogP) is -1.11. The summed E-state index contributed by atoms with van der Waals surface area (Å²) in [7, 11) is 1.20. The Morgan fingerprint density at radius 3 is 2.64 bits per heavy atom. The summed E-state index contributed by atoms with van der Waals surface area (Å²) >= 11 is 6.50. The normalized spacial score (nSPS) is 22.5. The third-order valence-electron chi connectivity index (χ3n) is 4.90. The van der Waals surface area contributed by atoms with Crippen LogP contribution in [0.3, 0.4) is 0 Å². The van der Waals surface area contributed by atoms with Crippen molar-refractivity contribution in [3.8, 4) is 0 Å². The van der Waals surface area contributed by atoms with Gasteiger partial charge in [-0.15, -0.1) is 23.4 Å². The molecule has 0 aromatic rings. The molecule has 2 rings (SSSR count). The summed E-state index contributed by atoms with van der Waals surface area (Å²) in [4.78, 5) is 71.3. The molecule has 2 heterocycles. The number of carboxylic acid groups (broad SMARTS) is 1. The summed E-state index contributed by atoms with van der Waals surface area (Å²) in [5.41, 5.74) is 2.94. The van der Waals surface area contributed by atoms with Crippen LogP contribution in [-0.2, 0) is 33.4 Å². The lowest BCUT2D eigenvalue weighted by Crippen LogP contribution is -2.80. The summed E-state index contributed by atoms with van der Waals surface area (Å²) in [6.07, 6.45) is -0.262. The summed E-state index contributed by atoms with van der Waals surface area (Å²) in [6.45, 7) is -0.398. The average Bonchev–Trinajstić information content (AvgIpc) is 2.79. The molecule has 33 heavy (non-hydrogen) atoms. The number of carbonyl (C=O) groups excluding carboxylic acids is 5. The lowest BCUT2D eigenvalue weighted by molar-refractivity contribution is -0.192. The molecule has 1 fully saturated rings. The molecule has 2 unspecified atom stereocenters. The van der Waals surface area contributed by atoms with E-state index in [4.69, 9.17) is 22.1 Å². The Labute approximate surface area is 197 Å². The highest BCUT2D eigenvalue weighted by Crippen LogP contribution is 2.46. The van der Waals surface area contributed by atoms with E-state index in [1.807, 2.05) is 0 Å². The zero-order valence-electron chi connectivity index (χ0n) is 17.5. The number of β-lactam (4-membered cyclic amide) rings is 1. The minimum absolute atomic E-state index is 0.0871. The minimum Gasteiger partial charge on any atom is -0.477 e. The molecular weight excluding hydrogens is 484 g/mol. The van der Waals surface area contributed by atoms with Crippen LogP contribution in [0.2, 0.25) is 0 Å². The maximum Gasteiger partial charge on any atom is 0.404 e. The van der Waals surface area contributed by atoms with Crippen molar-refractivity contribution < 1.29 is 43.3 Å². The van der Waals surface area contributed by atoms with Crippen molar-refractivity contribution in [3.63, 3.8) is 0 Å². The Morgan fingerprint density at radius 2 is 2.09 bits per heavy atom. The molecule has 4 amide bonds. The Hall–Kier alpha value is -2.84. The van der Waals surface area contributed by atoms with Gasteiger partial charge >= 0.3 is 12.1 Å². The number of halogens is 1. The second-order valence-electron chi connectivity index (χ2n) is 7.03. The lowest BCUT2D eigenvalue weighted by atomic mass is 9.97. The lowest BCUT2D eigenvalue weighted by Gasteiger charge is -2.55. The van der Waals surface area contributed by atoms with Crippen molar-refractivity contribution >= 4 is 59.4 Å². The van der Waals surface area contributed by atoms with Crippen molar-refractivity contribution in [2.45, 2.75) is 36.4 Å². The predicted molar refractivity (Wildman–Crippen MR) is 114 cm³/mol. The third-order valence-corrected chi connectivity index (χ3v) is 6.52. The number of carbonyl (C=O) groups is 6. The number of fused-ring (bicyclic) bond motifs is 1. The Kier molecular flexibility index (Phi) is 9.07. The van der Waals surface area contributed by atoms with Crippen LogP contribution in [0.4, 0.5) is 4.79 Å². The van der Waals surface area contributed by atoms with E-state index in [2.05, 4.69) is 15.4 Å². The van der Waals surface area contributed by atoms with Gasteiger partial charge < -0.3 is 35.7 Å². The Bertz CT molecular complexity index is 883. The van der Waals surface area contributed by atoms with E-state index < -0.39 is 53.5 Å². The van der Waals surface area contributed by atoms with Gasteiger partial charge in [-0.3, -0.25) is 19.3 Å². The molecule has 1 saturated heterocycles. The molecule has 0 aliphatic carbocycles. The van der Waals surface area contributed by atoms with Gasteiger partial charge in [0.25, 0.3) is 11.6 Å². The highest BCUT2D eigenvalue weighted by molar-refractivity contribution is 8.00. The van der Waals surface area contributed by atoms with Crippen molar-refractivity contribution in [1.29, 1.82) is 0 Å². The van der Waals surface area contributed by atoms with Crippen molar-refractivity contribution in [1.82, 2.24) is 15.5 Å². The van der Waals surface area contributed by atoms with Gasteiger partial charge in [0.2, 0.25) is 11.8 Å². The van der Waals surface area contributed by atoms with Crippen LogP contribution in [0.15, 0.2) is 11.3 Å². The molecule has 0 saturated carbocycles. The molecule has 2 aliphatic rings. The number of methoxy groups -OCH3 is 1. The number of thioether (sulfide) groups is 1. The topological polar surface area (TPSA) is 194 Å². The van der Waals surface area contributed by atoms with Gasteiger partial charge in [0.05, 0.1) is 6.04 Å². The van der Waals surface area contributed by atoms with Crippen LogP contribution in [0.1, 0.15) is 19.3 Å². The van der Waals surface area contributed by atoms with Crippen molar-refractivity contribution in [2.24, 2.45) is 5.73 Å². The maximum absolute atomic E-state index is 12.9. The van der Waals surface area contributed by atoms with Gasteiger partial charge in [0.1, 0.15) is 29.8 Å². The standard InChI is InChI=1S/C18H23ClN4O9S/c1-31-18(22-11(25)4-2-3-10(6-24)21-12(26)5-19)15(29)23-13(14(27)28)9(7-32-17(20)30)8-33-16(18)23/h6,10,16H,2-5,7-8H2,1H3,(H2,20,30)(H,21,26)(H,22,25)(H,27,28)/t10?,16-,18?/m0/s1. The number of nitrogens with two attached hydrogens (primary N) is 1. The number of hydrogen-bond acceptors (Lipinski definition) is 9. The second kappa shape index (κ2) is 11.3. The van der Waals surface area contributed by atoms with Crippen LogP contribution in [0.25, 0.3) is 0 Å². The molecule has 0 bridgehead atoms. The SMILES string of the molecule is COC1(NC(=O)CCCC(C=O)NC(=O)CCl)C(=O)N2C(C(=O)O)=C(COC(N)=O)CS[C@H]21. The zero-order valence-corrected chi connectivity index (χ0v) is 19.1. The number of carboxylic acids is 1. The summed E-state index contributed by atoms with van der Waals surface area (Å²) in [5, 5.41) is 13.6. The third kappa shape index (κ3) is 5.75. The van der Waals surface area contributed by atoms with Crippen LogP contribution >= 0.6 is 23.4 Å². The maximum atomic E-state index is 12.9. The number of aldehydes is 1. The fourth-order valence-electron chi connectivity index (χ4n) is 3.38. The first kappa shape index (κ1) is 26.4. The number of amides is 4. The number of ether oxygens (including phenoxy) is 2. The van der Waals surface area contributed by atoms with E-state index in [0.717, 1.165) is 16.7 Å². The number of aliphatic carboxylic acids is 1. The number of nitrogens with zero attached hydrogens (tertiary/aromatic N) is 1. The molecule has 13 nitrogen and oxygen atoms in total. The molecule has 5 N–H and O–H groups in total. The molecule has 2 aliphatic heterocycles. The molecule has 182 valence electrons. The van der Waals surface area contributed by atoms with Crippen LogP contribution in [-0.4, -0.2) is 88.6 Å². The molecular formula is C18H23ClN4O9S. The second-order valence-corrected chi connectivity index (χ2v) is 8.36. The van der Waals surface area contributed by atoms with E-state index in [1.54, 1.807) is 0 Å². The van der Waals surface area contributed by atoms with Gasteiger partial charge in [-0.05, 0) is 12.8 Å². The van der Waals surface area contributed by atoms with Crippen LogP contribution in [0.5, 0.6) is 0 Å². The van der Waals surface area contributed by atoms with E-state index in [9.17, 15) is 33.9 Å². The molecule has 0 aromatic carbocycles. The van der Waals surface area contributed by atoms with E-state index in [1.165, 1.54) is 7.11 Å². The number of hydrogen-bond donors (Lipinski definition) is 4. The highest BCUT2D eigenvalue weighted by atomic mass is 35.5. The number of primary amides is 1. The number of nitrogens with one attached hydrogen (secondary N) is 2. The molecule has 0 aromatic heterocycles. The van der Waals surface area contributed by atoms with Gasteiger partial charge in [-0.25, -0.2) is 9.59 Å². The Morgan fingerprint density at radius 1 is 1.39 bits per heavy atom. The summed E-state index contributed by atoms with van der Waals surface area (Å²) < 4.78 is 9.97. The van der Waals surface area contributed by atoms with Crippen LogP contribution < -0.4 is 16.4 Å². The van der Waals surface area contributed by atoms with Gasteiger partial charge in [0.15, 0.2) is 0 Å². The fraction of sp³-hybridized carbons (Fsp3) is 0.556. The first-order valence-corrected chi connectivity index (χ1v) is 11.2. The average molecular weight is 507 g/mol. The van der Waals surface area contributed by atoms with E-state index >= 15 is 0 Å². The van der Waals surface area contributed by atoms with Gasteiger partial charge in [0, 0.05) is 24.9 Å². The fourth-order valence-corrected chi connectivity index (χ4v) is 4.88. The minimum atomic E-state index is -1.78. The first-order valence-electron chi connectivity index (χ1n) is 9.60. The smallest absolute Gasteiger partial charge is 0.404 e. The molecule has 0 spiro atoms. The first-order chi connectivity index (χ1) is 15.6. The zero-order chi connectivity index (χ0) is 24.8. The van der Waals surface area contributed by atoms with Gasteiger partial charge in [-0.2, -0.15) is 0 Å². The van der Waals surface area contributed by atoms with E-state index in [-0.39, 0.29) is 42.2 Å². The highest BCUT2D eigenvalue weighted by Gasteiger charge is 2.66. The van der Waals surface area contributed by atoms with Crippen molar-refractivity contribution in [3.05, 3.63) is 11.3 Å². The number of alkyl halides is 1. The quantitative estimate of drug-likeness (QED) is 0.109. The molecule has 15 heteroatoms. The summed E-state index contributed by atoms with van der Waals surface area (Å²) in [5.74, 6) is -3.51. The largest absolute Gasteiger partial charge is 0.477 e. The van der Waals surface area contributed by atoms with Gasteiger partial charge in [-0.1, -0.05) is 0 Å². The van der Waals surface area contributed by atoms with E-state index in [0.29, 0.717) is 6.29 Å². The number of rotatable bonds is 12. The monoisotopic (exact) mass is 506 g/mol.